The molecule has 0 aliphatic rings. The summed E-state index contributed by atoms with van der Waals surface area (Å²) in [5, 5.41) is 4.32. The molecule has 0 amide bonds. The highest BCUT2D eigenvalue weighted by molar-refractivity contribution is 7.99. The molecule has 4 aromatic rings. The summed E-state index contributed by atoms with van der Waals surface area (Å²) in [6.45, 7) is 1.83. The molecule has 8 heteroatoms. The summed E-state index contributed by atoms with van der Waals surface area (Å²) in [5.41, 5.74) is 2.37. The second kappa shape index (κ2) is 7.77. The van der Waals surface area contributed by atoms with Gasteiger partial charge in [0.2, 0.25) is 0 Å². The molecular formula is C20H14FN3O3S. The lowest BCUT2D eigenvalue weighted by Crippen LogP contribution is -2.03. The Morgan fingerprint density at radius 1 is 1.18 bits per heavy atom. The summed E-state index contributed by atoms with van der Waals surface area (Å²) in [5.74, 6) is 0.697. The average Bonchev–Trinajstić information content (AvgIpc) is 3.38. The van der Waals surface area contributed by atoms with Gasteiger partial charge in [-0.05, 0) is 43.3 Å². The molecule has 0 fully saturated rings. The number of thioether (sulfide) groups is 1. The van der Waals surface area contributed by atoms with E-state index < -0.39 is 0 Å². The number of aryl methyl sites for hydroxylation is 1. The number of ketones is 1. The van der Waals surface area contributed by atoms with Crippen LogP contribution < -0.4 is 0 Å². The number of rotatable bonds is 6. The number of halogens is 1. The van der Waals surface area contributed by atoms with Gasteiger partial charge in [-0.1, -0.05) is 16.9 Å². The van der Waals surface area contributed by atoms with Gasteiger partial charge in [0.25, 0.3) is 0 Å². The van der Waals surface area contributed by atoms with Crippen LogP contribution >= 0.6 is 11.8 Å². The Balaban J connectivity index is 1.59. The van der Waals surface area contributed by atoms with Crippen LogP contribution in [-0.2, 0) is 0 Å². The van der Waals surface area contributed by atoms with Crippen LogP contribution in [0.25, 0.3) is 22.8 Å². The molecule has 0 N–H and O–H groups in total. The molecule has 0 saturated carbocycles. The number of carbonyl (C=O) groups excluding carboxylic acids is 1. The van der Waals surface area contributed by atoms with Crippen LogP contribution in [0.2, 0.25) is 0 Å². The smallest absolute Gasteiger partial charge is 0.188 e. The number of hydrogen-bond donors (Lipinski definition) is 0. The van der Waals surface area contributed by atoms with Gasteiger partial charge in [0.05, 0.1) is 23.3 Å². The van der Waals surface area contributed by atoms with E-state index in [0.717, 1.165) is 5.69 Å². The Labute approximate surface area is 163 Å². The van der Waals surface area contributed by atoms with E-state index in [1.165, 1.54) is 36.0 Å². The lowest BCUT2D eigenvalue weighted by Gasteiger charge is -2.06. The van der Waals surface area contributed by atoms with Crippen molar-refractivity contribution in [3.63, 3.8) is 0 Å². The molecule has 4 rings (SSSR count). The molecule has 0 bridgehead atoms. The van der Waals surface area contributed by atoms with Gasteiger partial charge >= 0.3 is 0 Å². The molecule has 0 atom stereocenters. The minimum absolute atomic E-state index is 0.129. The molecule has 0 saturated heterocycles. The molecule has 6 nitrogen and oxygen atoms in total. The fraction of sp³-hybridized carbons (Fsp3) is 0.100. The van der Waals surface area contributed by atoms with Crippen molar-refractivity contribution < 1.29 is 18.1 Å². The Hall–Kier alpha value is -3.26. The summed E-state index contributed by atoms with van der Waals surface area (Å²) in [7, 11) is 0. The highest BCUT2D eigenvalue weighted by atomic mass is 32.2. The second-order valence-electron chi connectivity index (χ2n) is 5.94. The van der Waals surface area contributed by atoms with Crippen molar-refractivity contribution >= 4 is 17.5 Å². The second-order valence-corrected chi connectivity index (χ2v) is 6.89. The van der Waals surface area contributed by atoms with Gasteiger partial charge in [-0.3, -0.25) is 4.79 Å². The van der Waals surface area contributed by atoms with Crippen LogP contribution in [0.1, 0.15) is 16.1 Å². The van der Waals surface area contributed by atoms with Crippen LogP contribution in [0.3, 0.4) is 0 Å². The van der Waals surface area contributed by atoms with E-state index in [2.05, 4.69) is 15.1 Å². The maximum Gasteiger partial charge on any atom is 0.188 e. The first-order valence-corrected chi connectivity index (χ1v) is 9.35. The highest BCUT2D eigenvalue weighted by Crippen LogP contribution is 2.32. The number of nitrogens with zero attached hydrogens (tertiary/aromatic N) is 3. The number of furan rings is 1. The first-order chi connectivity index (χ1) is 13.6. The fourth-order valence-electron chi connectivity index (χ4n) is 2.56. The van der Waals surface area contributed by atoms with Gasteiger partial charge in [-0.15, -0.1) is 0 Å². The third kappa shape index (κ3) is 3.86. The average molecular weight is 395 g/mol. The molecule has 3 aromatic heterocycles. The summed E-state index contributed by atoms with van der Waals surface area (Å²) >= 11 is 1.19. The number of hydrogen-bond acceptors (Lipinski definition) is 7. The standard InChI is InChI=1S/C20H14FN3O3S/c1-12-9-18(27-24-12)15-10-22-20(23-19(15)17-3-2-8-26-17)28-11-16(25)13-4-6-14(21)7-5-13/h2-10H,11H2,1H3. The van der Waals surface area contributed by atoms with Crippen molar-refractivity contribution in [3.8, 4) is 22.8 Å². The number of aromatic nitrogens is 3. The van der Waals surface area contributed by atoms with Crippen LogP contribution in [0, 0.1) is 12.7 Å². The lowest BCUT2D eigenvalue weighted by molar-refractivity contribution is 0.102. The van der Waals surface area contributed by atoms with E-state index >= 15 is 0 Å². The molecule has 0 radical (unpaired) electrons. The van der Waals surface area contributed by atoms with Crippen LogP contribution in [0.15, 0.2) is 69.0 Å². The first kappa shape index (κ1) is 18.1. The number of Topliss-reactive ketones (excluding diaryl/α,β-unsaturated/α-hetero) is 1. The number of benzene rings is 1. The Kier molecular flexibility index (Phi) is 5.03. The van der Waals surface area contributed by atoms with Crippen molar-refractivity contribution in [1.29, 1.82) is 0 Å². The largest absolute Gasteiger partial charge is 0.463 e. The summed E-state index contributed by atoms with van der Waals surface area (Å²) < 4.78 is 23.8. The fourth-order valence-corrected chi connectivity index (χ4v) is 3.27. The van der Waals surface area contributed by atoms with Crippen molar-refractivity contribution in [2.75, 3.05) is 5.75 Å². The molecule has 1 aromatic carbocycles. The zero-order valence-corrected chi connectivity index (χ0v) is 15.6. The predicted octanol–water partition coefficient (Wildman–Crippen LogP) is 4.81. The molecular weight excluding hydrogens is 381 g/mol. The monoisotopic (exact) mass is 395 g/mol. The molecule has 140 valence electrons. The van der Waals surface area contributed by atoms with Crippen molar-refractivity contribution in [3.05, 3.63) is 72.0 Å². The lowest BCUT2D eigenvalue weighted by atomic mass is 10.1. The quantitative estimate of drug-likeness (QED) is 0.263. The van der Waals surface area contributed by atoms with Crippen LogP contribution in [0.5, 0.6) is 0 Å². The van der Waals surface area contributed by atoms with E-state index in [1.54, 1.807) is 30.7 Å². The van der Waals surface area contributed by atoms with Gasteiger partial charge in [0.15, 0.2) is 22.5 Å². The van der Waals surface area contributed by atoms with Crippen LogP contribution in [0.4, 0.5) is 4.39 Å². The van der Waals surface area contributed by atoms with E-state index in [1.807, 2.05) is 6.92 Å². The third-order valence-electron chi connectivity index (χ3n) is 3.91. The van der Waals surface area contributed by atoms with E-state index in [4.69, 9.17) is 8.94 Å². The molecule has 0 spiro atoms. The maximum atomic E-state index is 13.0. The highest BCUT2D eigenvalue weighted by Gasteiger charge is 2.18. The van der Waals surface area contributed by atoms with Gasteiger partial charge in [-0.2, -0.15) is 0 Å². The van der Waals surface area contributed by atoms with Gasteiger partial charge in [0, 0.05) is 17.8 Å². The summed E-state index contributed by atoms with van der Waals surface area (Å²) in [6, 6.07) is 10.8. The van der Waals surface area contributed by atoms with Crippen LogP contribution in [-0.4, -0.2) is 26.7 Å². The van der Waals surface area contributed by atoms with E-state index in [-0.39, 0.29) is 17.4 Å². The molecule has 28 heavy (non-hydrogen) atoms. The first-order valence-electron chi connectivity index (χ1n) is 8.36. The van der Waals surface area contributed by atoms with Gasteiger partial charge in [0.1, 0.15) is 11.5 Å². The Bertz CT molecular complexity index is 1110. The Morgan fingerprint density at radius 3 is 2.68 bits per heavy atom. The van der Waals surface area contributed by atoms with Gasteiger partial charge < -0.3 is 8.94 Å². The van der Waals surface area contributed by atoms with Gasteiger partial charge in [-0.25, -0.2) is 14.4 Å². The maximum absolute atomic E-state index is 13.0. The Morgan fingerprint density at radius 2 is 2.00 bits per heavy atom. The summed E-state index contributed by atoms with van der Waals surface area (Å²) in [4.78, 5) is 21.2. The van der Waals surface area contributed by atoms with Crippen molar-refractivity contribution in [1.82, 2.24) is 15.1 Å². The minimum atomic E-state index is -0.381. The van der Waals surface area contributed by atoms with Crippen molar-refractivity contribution in [2.24, 2.45) is 0 Å². The van der Waals surface area contributed by atoms with E-state index in [0.29, 0.717) is 33.5 Å². The summed E-state index contributed by atoms with van der Waals surface area (Å²) in [6.07, 6.45) is 3.17. The minimum Gasteiger partial charge on any atom is -0.463 e. The van der Waals surface area contributed by atoms with Crippen molar-refractivity contribution in [2.45, 2.75) is 12.1 Å². The molecule has 3 heterocycles. The molecule has 0 unspecified atom stereocenters. The predicted molar refractivity (Wildman–Crippen MR) is 101 cm³/mol. The molecule has 0 aliphatic carbocycles. The molecule has 0 aliphatic heterocycles. The normalized spacial score (nSPS) is 10.9. The topological polar surface area (TPSA) is 82.0 Å². The van der Waals surface area contributed by atoms with E-state index in [9.17, 15) is 9.18 Å². The SMILES string of the molecule is Cc1cc(-c2cnc(SCC(=O)c3ccc(F)cc3)nc2-c2ccco2)on1. The zero-order valence-electron chi connectivity index (χ0n) is 14.8. The zero-order chi connectivity index (χ0) is 19.5. The number of carbonyl (C=O) groups is 1. The third-order valence-corrected chi connectivity index (χ3v) is 4.77.